The first kappa shape index (κ1) is 49.8. The normalized spacial score (nSPS) is 13.2. The number of carbonyl (C=O) groups excluding carboxylic acids is 2. The lowest BCUT2D eigenvalue weighted by molar-refractivity contribution is -0.887. The molecule has 0 spiro atoms. The topological polar surface area (TPSA) is 99.1 Å². The van der Waals surface area contributed by atoms with Gasteiger partial charge in [0.15, 0.2) is 12.1 Å². The van der Waals surface area contributed by atoms with Crippen LogP contribution in [0.25, 0.3) is 0 Å². The highest BCUT2D eigenvalue weighted by atomic mass is 16.6. The number of carboxylic acids is 1. The maximum atomic E-state index is 12.6. The molecule has 0 saturated heterocycles. The molecule has 0 radical (unpaired) electrons. The van der Waals surface area contributed by atoms with E-state index < -0.39 is 18.1 Å². The summed E-state index contributed by atoms with van der Waals surface area (Å²) < 4.78 is 17.1. The molecule has 1 N–H and O–H groups in total. The fraction of sp³-hybridized carbons (Fsp3) is 0.841. The standard InChI is InChI=1S/C44H81NO7/c1-6-8-10-12-14-16-17-18-19-20-21-22-23-24-25-26-27-29-30-32-34-42(46)51-39-40(38-50-37-36-41(44(48)49)45(3,4)5)52-43(47)35-33-31-28-15-13-11-9-7-2/h21-22,28,31,40-41H,6-20,23-27,29-30,32-39H2,1-5H3/p+1/b22-21+,31-28+. The Bertz CT molecular complexity index is 911. The zero-order valence-corrected chi connectivity index (χ0v) is 34.5. The number of aliphatic carboxylic acids is 1. The predicted octanol–water partition coefficient (Wildman–Crippen LogP) is 11.3. The summed E-state index contributed by atoms with van der Waals surface area (Å²) in [4.78, 5) is 36.7. The molecule has 0 bridgehead atoms. The Kier molecular flexibility index (Phi) is 34.3. The maximum Gasteiger partial charge on any atom is 0.362 e. The van der Waals surface area contributed by atoms with Gasteiger partial charge in [-0.15, -0.1) is 0 Å². The van der Waals surface area contributed by atoms with E-state index in [-0.39, 0.29) is 42.7 Å². The van der Waals surface area contributed by atoms with Crippen molar-refractivity contribution in [1.82, 2.24) is 0 Å². The number of hydrogen-bond acceptors (Lipinski definition) is 6. The first-order valence-electron chi connectivity index (χ1n) is 21.4. The molecule has 0 aromatic carbocycles. The van der Waals surface area contributed by atoms with Crippen LogP contribution in [-0.4, -0.2) is 80.6 Å². The van der Waals surface area contributed by atoms with E-state index in [4.69, 9.17) is 14.2 Å². The summed E-state index contributed by atoms with van der Waals surface area (Å²) in [6.07, 6.45) is 38.2. The van der Waals surface area contributed by atoms with Crippen molar-refractivity contribution in [1.29, 1.82) is 0 Å². The number of ether oxygens (including phenoxy) is 3. The van der Waals surface area contributed by atoms with E-state index in [1.807, 2.05) is 27.2 Å². The van der Waals surface area contributed by atoms with Gasteiger partial charge in [-0.05, 0) is 51.4 Å². The summed E-state index contributed by atoms with van der Waals surface area (Å²) in [6, 6.07) is -0.617. The van der Waals surface area contributed by atoms with Crippen LogP contribution in [0.3, 0.4) is 0 Å². The molecule has 304 valence electrons. The van der Waals surface area contributed by atoms with Gasteiger partial charge in [-0.25, -0.2) is 4.79 Å². The van der Waals surface area contributed by atoms with Gasteiger partial charge in [0, 0.05) is 19.3 Å². The highest BCUT2D eigenvalue weighted by Gasteiger charge is 2.31. The van der Waals surface area contributed by atoms with Gasteiger partial charge in [0.05, 0.1) is 34.4 Å². The Labute approximate surface area is 320 Å². The van der Waals surface area contributed by atoms with Gasteiger partial charge in [0.1, 0.15) is 6.61 Å². The fourth-order valence-corrected chi connectivity index (χ4v) is 6.22. The molecule has 0 aliphatic carbocycles. The Hall–Kier alpha value is -2.19. The van der Waals surface area contributed by atoms with Crippen molar-refractivity contribution in [3.63, 3.8) is 0 Å². The van der Waals surface area contributed by atoms with Crippen LogP contribution in [0.2, 0.25) is 0 Å². The smallest absolute Gasteiger partial charge is 0.362 e. The molecule has 8 heteroatoms. The van der Waals surface area contributed by atoms with E-state index in [0.29, 0.717) is 19.3 Å². The number of unbranched alkanes of at least 4 members (excludes halogenated alkanes) is 20. The maximum absolute atomic E-state index is 12.6. The molecule has 0 aliphatic heterocycles. The van der Waals surface area contributed by atoms with Gasteiger partial charge in [-0.1, -0.05) is 141 Å². The van der Waals surface area contributed by atoms with Crippen molar-refractivity contribution < 1.29 is 38.2 Å². The lowest BCUT2D eigenvalue weighted by atomic mass is 10.1. The van der Waals surface area contributed by atoms with Crippen molar-refractivity contribution in [2.45, 2.75) is 199 Å². The first-order valence-corrected chi connectivity index (χ1v) is 21.4. The zero-order valence-electron chi connectivity index (χ0n) is 34.5. The summed E-state index contributed by atoms with van der Waals surface area (Å²) in [6.45, 7) is 4.65. The van der Waals surface area contributed by atoms with Gasteiger partial charge in [-0.2, -0.15) is 0 Å². The molecule has 0 aliphatic rings. The van der Waals surface area contributed by atoms with E-state index in [1.54, 1.807) is 0 Å². The largest absolute Gasteiger partial charge is 0.477 e. The summed E-state index contributed by atoms with van der Waals surface area (Å²) in [7, 11) is 5.51. The second-order valence-electron chi connectivity index (χ2n) is 15.6. The molecule has 0 amide bonds. The third-order valence-corrected chi connectivity index (χ3v) is 9.59. The number of quaternary nitrogens is 1. The Morgan fingerprint density at radius 1 is 0.558 bits per heavy atom. The molecule has 0 aromatic rings. The van der Waals surface area contributed by atoms with Gasteiger partial charge < -0.3 is 23.8 Å². The van der Waals surface area contributed by atoms with Crippen LogP contribution >= 0.6 is 0 Å². The highest BCUT2D eigenvalue weighted by molar-refractivity contribution is 5.72. The number of nitrogens with zero attached hydrogens (tertiary/aromatic N) is 1. The molecule has 0 saturated carbocycles. The second kappa shape index (κ2) is 35.8. The molecule has 0 rings (SSSR count). The molecule has 0 heterocycles. The SMILES string of the molecule is CCCCCC/C=C/CCC(=O)OC(COCCC(C(=O)O)[N+](C)(C)C)COC(=O)CCCCCCCCC/C=C/CCCCCCCCCCC. The quantitative estimate of drug-likeness (QED) is 0.0291. The van der Waals surface area contributed by atoms with Crippen LogP contribution in [0.5, 0.6) is 0 Å². The summed E-state index contributed by atoms with van der Waals surface area (Å²) in [5.41, 5.74) is 0. The van der Waals surface area contributed by atoms with Crippen molar-refractivity contribution in [2.75, 3.05) is 41.0 Å². The van der Waals surface area contributed by atoms with Crippen molar-refractivity contribution in [3.05, 3.63) is 24.3 Å². The Morgan fingerprint density at radius 2 is 1.00 bits per heavy atom. The summed E-state index contributed by atoms with van der Waals surface area (Å²) in [5.74, 6) is -1.54. The lowest BCUT2D eigenvalue weighted by Gasteiger charge is -2.31. The van der Waals surface area contributed by atoms with Crippen LogP contribution in [0, 0.1) is 0 Å². The monoisotopic (exact) mass is 737 g/mol. The lowest BCUT2D eigenvalue weighted by Crippen LogP contribution is -2.50. The van der Waals surface area contributed by atoms with Crippen LogP contribution in [-0.2, 0) is 28.6 Å². The molecule has 52 heavy (non-hydrogen) atoms. The molecule has 0 fully saturated rings. The van der Waals surface area contributed by atoms with Crippen LogP contribution < -0.4 is 0 Å². The predicted molar refractivity (Wildman–Crippen MR) is 215 cm³/mol. The zero-order chi connectivity index (χ0) is 38.5. The third-order valence-electron chi connectivity index (χ3n) is 9.59. The van der Waals surface area contributed by atoms with Crippen LogP contribution in [0.1, 0.15) is 187 Å². The van der Waals surface area contributed by atoms with Crippen LogP contribution in [0.4, 0.5) is 0 Å². The fourth-order valence-electron chi connectivity index (χ4n) is 6.22. The van der Waals surface area contributed by atoms with Crippen molar-refractivity contribution in [3.8, 4) is 0 Å². The third kappa shape index (κ3) is 33.6. The summed E-state index contributed by atoms with van der Waals surface area (Å²) >= 11 is 0. The molecule has 0 aromatic heterocycles. The van der Waals surface area contributed by atoms with E-state index in [1.165, 1.54) is 116 Å². The average molecular weight is 737 g/mol. The van der Waals surface area contributed by atoms with Gasteiger partial charge in [-0.3, -0.25) is 9.59 Å². The molecular weight excluding hydrogens is 654 g/mol. The van der Waals surface area contributed by atoms with E-state index in [2.05, 4.69) is 32.1 Å². The van der Waals surface area contributed by atoms with Crippen molar-refractivity contribution >= 4 is 17.9 Å². The highest BCUT2D eigenvalue weighted by Crippen LogP contribution is 2.14. The van der Waals surface area contributed by atoms with E-state index >= 15 is 0 Å². The van der Waals surface area contributed by atoms with Crippen LogP contribution in [0.15, 0.2) is 24.3 Å². The van der Waals surface area contributed by atoms with Gasteiger partial charge in [0.2, 0.25) is 0 Å². The molecule has 8 nitrogen and oxygen atoms in total. The number of allylic oxidation sites excluding steroid dienone is 4. The molecular formula is C44H82NO7+. The number of rotatable bonds is 38. The molecule has 2 unspecified atom stereocenters. The number of likely N-dealkylation sites (N-methyl/N-ethyl adjacent to an activating group) is 1. The number of carboxylic acid groups (broad SMARTS) is 1. The second-order valence-corrected chi connectivity index (χ2v) is 15.6. The Morgan fingerprint density at radius 3 is 1.48 bits per heavy atom. The number of esters is 2. The number of hydrogen-bond donors (Lipinski definition) is 1. The van der Waals surface area contributed by atoms with E-state index in [0.717, 1.165) is 32.1 Å². The average Bonchev–Trinajstić information content (AvgIpc) is 3.09. The number of carbonyl (C=O) groups is 3. The first-order chi connectivity index (χ1) is 25.1. The van der Waals surface area contributed by atoms with Gasteiger partial charge >= 0.3 is 17.9 Å². The minimum Gasteiger partial charge on any atom is -0.477 e. The Balaban J connectivity index is 4.22. The minimum absolute atomic E-state index is 0.0465. The van der Waals surface area contributed by atoms with Crippen molar-refractivity contribution in [2.24, 2.45) is 0 Å². The van der Waals surface area contributed by atoms with E-state index in [9.17, 15) is 19.5 Å². The molecule has 2 atom stereocenters. The summed E-state index contributed by atoms with van der Waals surface area (Å²) in [5, 5.41) is 9.58. The van der Waals surface area contributed by atoms with Gasteiger partial charge in [0.25, 0.3) is 0 Å². The minimum atomic E-state index is -0.881.